The van der Waals surface area contributed by atoms with Gasteiger partial charge in [-0.05, 0) is 48.6 Å². The molecule has 0 aliphatic carbocycles. The van der Waals surface area contributed by atoms with Crippen LogP contribution in [0, 0.1) is 17.2 Å². The maximum Gasteiger partial charge on any atom is 0.293 e. The molecule has 1 saturated heterocycles. The molecule has 3 unspecified atom stereocenters. The Morgan fingerprint density at radius 2 is 1.94 bits per heavy atom. The predicted octanol–water partition coefficient (Wildman–Crippen LogP) is 6.06. The summed E-state index contributed by atoms with van der Waals surface area (Å²) in [6.07, 6.45) is 0.791. The highest BCUT2D eigenvalue weighted by molar-refractivity contribution is 6.31. The molecule has 2 N–H and O–H groups in total. The van der Waals surface area contributed by atoms with Gasteiger partial charge in [0.05, 0.1) is 17.5 Å². The van der Waals surface area contributed by atoms with Gasteiger partial charge in [-0.2, -0.15) is 0 Å². The average molecular weight is 497 g/mol. The molecular weight excluding hydrogens is 466 g/mol. The van der Waals surface area contributed by atoms with E-state index in [2.05, 4.69) is 36.1 Å². The minimum atomic E-state index is -0.451. The predicted molar refractivity (Wildman–Crippen MR) is 131 cm³/mol. The first kappa shape index (κ1) is 27.1. The first-order chi connectivity index (χ1) is 15.6. The van der Waals surface area contributed by atoms with Crippen LogP contribution in [0.2, 0.25) is 10.0 Å². The summed E-state index contributed by atoms with van der Waals surface area (Å²) in [6.45, 7) is 9.58. The maximum absolute atomic E-state index is 14.7. The SMILES string of the molecule is CC(C)(C)CC1NCC(c2cccc(Cl)c2F)C1C(=O)Nc1cccc(Cl)c1.CCOC=O. The summed E-state index contributed by atoms with van der Waals surface area (Å²) in [4.78, 5) is 22.4. The molecule has 1 aliphatic rings. The van der Waals surface area contributed by atoms with Crippen LogP contribution in [0.25, 0.3) is 0 Å². The van der Waals surface area contributed by atoms with E-state index in [-0.39, 0.29) is 28.3 Å². The summed E-state index contributed by atoms with van der Waals surface area (Å²) in [6, 6.07) is 11.9. The highest BCUT2D eigenvalue weighted by Gasteiger charge is 2.43. The fourth-order valence-corrected chi connectivity index (χ4v) is 4.38. The summed E-state index contributed by atoms with van der Waals surface area (Å²) >= 11 is 12.0. The quantitative estimate of drug-likeness (QED) is 0.477. The van der Waals surface area contributed by atoms with Gasteiger partial charge >= 0.3 is 0 Å². The number of benzene rings is 2. The molecule has 3 atom stereocenters. The number of halogens is 3. The molecule has 2 aromatic rings. The van der Waals surface area contributed by atoms with E-state index >= 15 is 0 Å². The lowest BCUT2D eigenvalue weighted by atomic mass is 9.78. The van der Waals surface area contributed by atoms with E-state index in [9.17, 15) is 14.0 Å². The number of carbonyl (C=O) groups excluding carboxylic acids is 2. The van der Waals surface area contributed by atoms with Crippen molar-refractivity contribution in [2.45, 2.75) is 46.1 Å². The summed E-state index contributed by atoms with van der Waals surface area (Å²) in [5.74, 6) is -1.32. The van der Waals surface area contributed by atoms with Crippen molar-refractivity contribution in [3.8, 4) is 0 Å². The Bertz CT molecular complexity index is 949. The molecule has 0 saturated carbocycles. The number of rotatable bonds is 6. The molecular formula is C25H31Cl2FN2O3. The third-order valence-corrected chi connectivity index (χ3v) is 5.84. The van der Waals surface area contributed by atoms with Crippen molar-refractivity contribution in [3.63, 3.8) is 0 Å². The van der Waals surface area contributed by atoms with E-state index in [1.54, 1.807) is 43.3 Å². The molecule has 3 rings (SSSR count). The van der Waals surface area contributed by atoms with Gasteiger partial charge in [-0.3, -0.25) is 9.59 Å². The van der Waals surface area contributed by atoms with Crippen LogP contribution < -0.4 is 10.6 Å². The lowest BCUT2D eigenvalue weighted by molar-refractivity contribution is -0.128. The fraction of sp³-hybridized carbons (Fsp3) is 0.440. The lowest BCUT2D eigenvalue weighted by Gasteiger charge is -2.29. The first-order valence-corrected chi connectivity index (χ1v) is 11.6. The van der Waals surface area contributed by atoms with Crippen molar-refractivity contribution >= 4 is 41.3 Å². The standard InChI is InChI=1S/C22H25Cl2FN2O.C3H6O2/c1-22(2,3)11-18-19(21(28)27-14-7-4-6-13(23)10-14)16(12-26-18)15-8-5-9-17(24)20(15)25;1-2-5-3-4/h4-10,16,18-19,26H,11-12H2,1-3H3,(H,27,28);3H,2H2,1H3. The highest BCUT2D eigenvalue weighted by Crippen LogP contribution is 2.39. The molecule has 1 heterocycles. The van der Waals surface area contributed by atoms with Crippen molar-refractivity contribution in [2.24, 2.45) is 11.3 Å². The lowest BCUT2D eigenvalue weighted by Crippen LogP contribution is -2.38. The van der Waals surface area contributed by atoms with Gasteiger partial charge in [0.25, 0.3) is 6.47 Å². The van der Waals surface area contributed by atoms with E-state index in [0.29, 0.717) is 35.9 Å². The average Bonchev–Trinajstić information content (AvgIpc) is 3.13. The minimum Gasteiger partial charge on any atom is -0.468 e. The van der Waals surface area contributed by atoms with E-state index in [0.717, 1.165) is 6.42 Å². The highest BCUT2D eigenvalue weighted by atomic mass is 35.5. The van der Waals surface area contributed by atoms with Crippen LogP contribution in [-0.4, -0.2) is 31.6 Å². The summed E-state index contributed by atoms with van der Waals surface area (Å²) in [5, 5.41) is 7.02. The Morgan fingerprint density at radius 1 is 1.24 bits per heavy atom. The topological polar surface area (TPSA) is 67.4 Å². The molecule has 0 aromatic heterocycles. The number of nitrogens with one attached hydrogen (secondary N) is 2. The first-order valence-electron chi connectivity index (χ1n) is 10.9. The molecule has 1 aliphatic heterocycles. The zero-order valence-corrected chi connectivity index (χ0v) is 20.8. The van der Waals surface area contributed by atoms with Crippen LogP contribution in [0.3, 0.4) is 0 Å². The Balaban J connectivity index is 0.000000696. The molecule has 1 fully saturated rings. The second kappa shape index (κ2) is 12.4. The van der Waals surface area contributed by atoms with E-state index < -0.39 is 11.7 Å². The Morgan fingerprint density at radius 3 is 2.52 bits per heavy atom. The second-order valence-corrected chi connectivity index (χ2v) is 9.95. The second-order valence-electron chi connectivity index (χ2n) is 9.11. The van der Waals surface area contributed by atoms with E-state index in [1.165, 1.54) is 6.07 Å². The van der Waals surface area contributed by atoms with Gasteiger partial charge in [-0.1, -0.05) is 62.2 Å². The van der Waals surface area contributed by atoms with Crippen LogP contribution in [0.1, 0.15) is 45.6 Å². The van der Waals surface area contributed by atoms with Crippen LogP contribution in [0.5, 0.6) is 0 Å². The molecule has 180 valence electrons. The fourth-order valence-electron chi connectivity index (χ4n) is 4.01. The smallest absolute Gasteiger partial charge is 0.293 e. The van der Waals surface area contributed by atoms with Crippen molar-refractivity contribution in [1.29, 1.82) is 0 Å². The summed E-state index contributed by atoms with van der Waals surface area (Å²) < 4.78 is 18.9. The van der Waals surface area contributed by atoms with E-state index in [1.807, 2.05) is 0 Å². The van der Waals surface area contributed by atoms with Crippen molar-refractivity contribution in [1.82, 2.24) is 5.32 Å². The third kappa shape index (κ3) is 7.98. The Kier molecular flexibility index (Phi) is 10.1. The molecule has 5 nitrogen and oxygen atoms in total. The van der Waals surface area contributed by atoms with Crippen molar-refractivity contribution < 1.29 is 18.7 Å². The molecule has 0 bridgehead atoms. The number of carbonyl (C=O) groups is 2. The van der Waals surface area contributed by atoms with Gasteiger partial charge < -0.3 is 15.4 Å². The van der Waals surface area contributed by atoms with Crippen molar-refractivity contribution in [3.05, 3.63) is 63.9 Å². The molecule has 0 spiro atoms. The van der Waals surface area contributed by atoms with Gasteiger partial charge in [0.1, 0.15) is 5.82 Å². The van der Waals surface area contributed by atoms with Gasteiger partial charge in [0.2, 0.25) is 5.91 Å². The third-order valence-electron chi connectivity index (χ3n) is 5.31. The number of ether oxygens (including phenoxy) is 1. The number of anilines is 1. The van der Waals surface area contributed by atoms with Gasteiger partial charge in [-0.15, -0.1) is 0 Å². The molecule has 1 amide bonds. The van der Waals surface area contributed by atoms with Gasteiger partial charge in [0, 0.05) is 29.2 Å². The number of hydrogen-bond donors (Lipinski definition) is 2. The molecule has 2 aromatic carbocycles. The molecule has 8 heteroatoms. The maximum atomic E-state index is 14.7. The van der Waals surface area contributed by atoms with Crippen molar-refractivity contribution in [2.75, 3.05) is 18.5 Å². The largest absolute Gasteiger partial charge is 0.468 e. The number of hydrogen-bond acceptors (Lipinski definition) is 4. The monoisotopic (exact) mass is 496 g/mol. The normalized spacial score (nSPS) is 19.9. The minimum absolute atomic E-state index is 0.0218. The van der Waals surface area contributed by atoms with Gasteiger partial charge in [0.15, 0.2) is 0 Å². The number of amides is 1. The van der Waals surface area contributed by atoms with Gasteiger partial charge in [-0.25, -0.2) is 4.39 Å². The molecule has 0 radical (unpaired) electrons. The van der Waals surface area contributed by atoms with Crippen LogP contribution in [0.15, 0.2) is 42.5 Å². The Labute approximate surface area is 205 Å². The summed E-state index contributed by atoms with van der Waals surface area (Å²) in [7, 11) is 0. The summed E-state index contributed by atoms with van der Waals surface area (Å²) in [5.41, 5.74) is 1.13. The van der Waals surface area contributed by atoms with Crippen LogP contribution in [0.4, 0.5) is 10.1 Å². The zero-order chi connectivity index (χ0) is 24.6. The van der Waals surface area contributed by atoms with Crippen LogP contribution in [-0.2, 0) is 14.3 Å². The Hall–Kier alpha value is -2.15. The zero-order valence-electron chi connectivity index (χ0n) is 19.3. The van der Waals surface area contributed by atoms with Crippen LogP contribution >= 0.6 is 23.2 Å². The molecule has 33 heavy (non-hydrogen) atoms. The van der Waals surface area contributed by atoms with E-state index in [4.69, 9.17) is 23.2 Å².